The molecule has 1 aromatic carbocycles. The molecule has 0 aliphatic carbocycles. The fourth-order valence-corrected chi connectivity index (χ4v) is 2.96. The molecule has 0 N–H and O–H groups in total. The zero-order valence-corrected chi connectivity index (χ0v) is 12.0. The van der Waals surface area contributed by atoms with Gasteiger partial charge in [-0.1, -0.05) is 18.2 Å². The van der Waals surface area contributed by atoms with Gasteiger partial charge in [0.15, 0.2) is 0 Å². The number of piperazine rings is 1. The van der Waals surface area contributed by atoms with Crippen LogP contribution in [0.25, 0.3) is 10.9 Å². The molecule has 1 fully saturated rings. The molecular formula is C16H23N3. The summed E-state index contributed by atoms with van der Waals surface area (Å²) in [6.07, 6.45) is 0. The second-order valence-electron chi connectivity index (χ2n) is 5.64. The maximum Gasteiger partial charge on any atom is 0.0482 e. The molecule has 19 heavy (non-hydrogen) atoms. The summed E-state index contributed by atoms with van der Waals surface area (Å²) in [5.74, 6) is 0. The van der Waals surface area contributed by atoms with Gasteiger partial charge in [-0.05, 0) is 31.5 Å². The van der Waals surface area contributed by atoms with E-state index in [1.165, 1.54) is 42.8 Å². The van der Waals surface area contributed by atoms with E-state index in [0.29, 0.717) is 0 Å². The van der Waals surface area contributed by atoms with Crippen LogP contribution in [0.15, 0.2) is 30.3 Å². The van der Waals surface area contributed by atoms with Crippen LogP contribution < -0.4 is 0 Å². The van der Waals surface area contributed by atoms with Crippen LogP contribution in [-0.2, 0) is 6.54 Å². The maximum atomic E-state index is 2.58. The van der Waals surface area contributed by atoms with E-state index < -0.39 is 0 Å². The number of hydrogen-bond acceptors (Lipinski definition) is 2. The van der Waals surface area contributed by atoms with Gasteiger partial charge >= 0.3 is 0 Å². The van der Waals surface area contributed by atoms with E-state index in [1.807, 2.05) is 0 Å². The van der Waals surface area contributed by atoms with Crippen LogP contribution in [0.3, 0.4) is 0 Å². The fraction of sp³-hybridized carbons (Fsp3) is 0.500. The van der Waals surface area contributed by atoms with Crippen LogP contribution in [0.1, 0.15) is 5.69 Å². The highest BCUT2D eigenvalue weighted by molar-refractivity contribution is 5.81. The minimum atomic E-state index is 1.10. The molecule has 3 heteroatoms. The van der Waals surface area contributed by atoms with Crippen LogP contribution in [-0.4, -0.2) is 54.1 Å². The average Bonchev–Trinajstić information content (AvgIpc) is 2.74. The third-order valence-corrected chi connectivity index (χ3v) is 4.25. The minimum absolute atomic E-state index is 1.10. The topological polar surface area (TPSA) is 11.4 Å². The maximum absolute atomic E-state index is 2.58. The lowest BCUT2D eigenvalue weighted by Crippen LogP contribution is -2.45. The lowest BCUT2D eigenvalue weighted by atomic mass is 10.2. The summed E-state index contributed by atoms with van der Waals surface area (Å²) in [4.78, 5) is 4.99. The van der Waals surface area contributed by atoms with Gasteiger partial charge in [0, 0.05) is 50.5 Å². The summed E-state index contributed by atoms with van der Waals surface area (Å²) in [5, 5.41) is 1.36. The highest BCUT2D eigenvalue weighted by Gasteiger charge is 2.14. The Hall–Kier alpha value is -1.32. The van der Waals surface area contributed by atoms with Gasteiger partial charge in [0.2, 0.25) is 0 Å². The van der Waals surface area contributed by atoms with E-state index in [0.717, 1.165) is 13.1 Å². The Balaban J connectivity index is 1.70. The van der Waals surface area contributed by atoms with Crippen molar-refractivity contribution in [3.63, 3.8) is 0 Å². The Labute approximate surface area is 115 Å². The Morgan fingerprint density at radius 1 is 1.00 bits per heavy atom. The van der Waals surface area contributed by atoms with Crippen LogP contribution in [0.2, 0.25) is 0 Å². The zero-order valence-electron chi connectivity index (χ0n) is 12.0. The van der Waals surface area contributed by atoms with Crippen molar-refractivity contribution < 1.29 is 0 Å². The number of likely N-dealkylation sites (N-methyl/N-ethyl adjacent to an activating group) is 1. The van der Waals surface area contributed by atoms with Crippen molar-refractivity contribution in [2.45, 2.75) is 13.5 Å². The summed E-state index contributed by atoms with van der Waals surface area (Å²) in [7, 11) is 2.21. The summed E-state index contributed by atoms with van der Waals surface area (Å²) >= 11 is 0. The molecule has 3 rings (SSSR count). The summed E-state index contributed by atoms with van der Waals surface area (Å²) in [5.41, 5.74) is 2.74. The predicted molar refractivity (Wildman–Crippen MR) is 80.6 cm³/mol. The Morgan fingerprint density at radius 2 is 1.74 bits per heavy atom. The third-order valence-electron chi connectivity index (χ3n) is 4.25. The fourth-order valence-electron chi connectivity index (χ4n) is 2.96. The monoisotopic (exact) mass is 257 g/mol. The van der Waals surface area contributed by atoms with Crippen LogP contribution in [0.4, 0.5) is 0 Å². The van der Waals surface area contributed by atoms with Crippen LogP contribution >= 0.6 is 0 Å². The Morgan fingerprint density at radius 3 is 2.53 bits per heavy atom. The molecule has 0 atom stereocenters. The van der Waals surface area contributed by atoms with Crippen LogP contribution in [0, 0.1) is 6.92 Å². The molecule has 0 spiro atoms. The number of fused-ring (bicyclic) bond motifs is 1. The molecule has 1 aliphatic rings. The first-order valence-corrected chi connectivity index (χ1v) is 7.20. The van der Waals surface area contributed by atoms with E-state index >= 15 is 0 Å². The van der Waals surface area contributed by atoms with Crippen molar-refractivity contribution in [3.8, 4) is 0 Å². The van der Waals surface area contributed by atoms with Gasteiger partial charge in [-0.25, -0.2) is 0 Å². The van der Waals surface area contributed by atoms with E-state index in [2.05, 4.69) is 58.7 Å². The number of aromatic nitrogens is 1. The van der Waals surface area contributed by atoms with E-state index in [4.69, 9.17) is 0 Å². The molecule has 1 aliphatic heterocycles. The Bertz CT molecular complexity index is 550. The smallest absolute Gasteiger partial charge is 0.0482 e. The highest BCUT2D eigenvalue weighted by atomic mass is 15.3. The van der Waals surface area contributed by atoms with Crippen molar-refractivity contribution in [2.75, 3.05) is 39.8 Å². The van der Waals surface area contributed by atoms with Crippen molar-refractivity contribution in [1.82, 2.24) is 14.4 Å². The molecule has 0 bridgehead atoms. The summed E-state index contributed by atoms with van der Waals surface area (Å²) in [6.45, 7) is 9.28. The van der Waals surface area contributed by atoms with Gasteiger partial charge in [0.1, 0.15) is 0 Å². The van der Waals surface area contributed by atoms with E-state index in [1.54, 1.807) is 0 Å². The highest BCUT2D eigenvalue weighted by Crippen LogP contribution is 2.19. The second-order valence-corrected chi connectivity index (χ2v) is 5.64. The lowest BCUT2D eigenvalue weighted by Gasteiger charge is -2.32. The first-order chi connectivity index (χ1) is 9.24. The second kappa shape index (κ2) is 5.35. The number of aryl methyl sites for hydroxylation is 1. The normalized spacial score (nSPS) is 18.2. The molecule has 0 radical (unpaired) electrons. The number of rotatable bonds is 3. The lowest BCUT2D eigenvalue weighted by molar-refractivity contribution is 0.150. The summed E-state index contributed by atoms with van der Waals surface area (Å²) < 4.78 is 2.45. The van der Waals surface area contributed by atoms with Gasteiger partial charge in [0.25, 0.3) is 0 Å². The number of nitrogens with zero attached hydrogens (tertiary/aromatic N) is 3. The minimum Gasteiger partial charge on any atom is -0.344 e. The quantitative estimate of drug-likeness (QED) is 0.835. The molecule has 1 aromatic heterocycles. The van der Waals surface area contributed by atoms with Crippen molar-refractivity contribution in [3.05, 3.63) is 36.0 Å². The SMILES string of the molecule is Cc1cc2ccccc2n1CCN1CCN(C)CC1. The van der Waals surface area contributed by atoms with E-state index in [9.17, 15) is 0 Å². The zero-order chi connectivity index (χ0) is 13.2. The molecule has 2 aromatic rings. The molecular weight excluding hydrogens is 234 g/mol. The molecule has 0 amide bonds. The standard InChI is InChI=1S/C16H23N3/c1-14-13-15-5-3-4-6-16(15)19(14)12-11-18-9-7-17(2)8-10-18/h3-6,13H,7-12H2,1-2H3. The number of benzene rings is 1. The number of para-hydroxylation sites is 1. The third kappa shape index (κ3) is 2.67. The van der Waals surface area contributed by atoms with Crippen molar-refractivity contribution in [1.29, 1.82) is 0 Å². The molecule has 0 unspecified atom stereocenters. The largest absolute Gasteiger partial charge is 0.344 e. The van der Waals surface area contributed by atoms with Crippen molar-refractivity contribution in [2.24, 2.45) is 0 Å². The first kappa shape index (κ1) is 12.7. The molecule has 2 heterocycles. The molecule has 102 valence electrons. The van der Waals surface area contributed by atoms with Gasteiger partial charge < -0.3 is 9.47 Å². The van der Waals surface area contributed by atoms with Gasteiger partial charge in [-0.15, -0.1) is 0 Å². The molecule has 0 saturated carbocycles. The van der Waals surface area contributed by atoms with Crippen LogP contribution in [0.5, 0.6) is 0 Å². The van der Waals surface area contributed by atoms with Gasteiger partial charge in [-0.3, -0.25) is 4.90 Å². The Kier molecular flexibility index (Phi) is 3.58. The predicted octanol–water partition coefficient (Wildman–Crippen LogP) is 2.20. The average molecular weight is 257 g/mol. The summed E-state index contributed by atoms with van der Waals surface area (Å²) in [6, 6.07) is 11.0. The first-order valence-electron chi connectivity index (χ1n) is 7.20. The molecule has 3 nitrogen and oxygen atoms in total. The van der Waals surface area contributed by atoms with Crippen molar-refractivity contribution >= 4 is 10.9 Å². The number of hydrogen-bond donors (Lipinski definition) is 0. The van der Waals surface area contributed by atoms with Gasteiger partial charge in [0.05, 0.1) is 0 Å². The molecule has 1 saturated heterocycles. The van der Waals surface area contributed by atoms with E-state index in [-0.39, 0.29) is 0 Å². The van der Waals surface area contributed by atoms with Gasteiger partial charge in [-0.2, -0.15) is 0 Å².